The number of piperidine rings is 1. The van der Waals surface area contributed by atoms with E-state index >= 15 is 0 Å². The van der Waals surface area contributed by atoms with Crippen LogP contribution in [-0.2, 0) is 9.59 Å². The molecule has 0 radical (unpaired) electrons. The number of rotatable bonds is 4. The van der Waals surface area contributed by atoms with Crippen molar-refractivity contribution in [1.82, 2.24) is 15.5 Å². The molecule has 0 aliphatic carbocycles. The zero-order chi connectivity index (χ0) is 18.4. The Balaban J connectivity index is 1.78. The van der Waals surface area contributed by atoms with Crippen LogP contribution in [-0.4, -0.2) is 48.3 Å². The number of hydrogen-bond donors (Lipinski definition) is 2. The van der Waals surface area contributed by atoms with Crippen molar-refractivity contribution in [2.45, 2.75) is 32.7 Å². The fraction of sp³-hybridized carbons (Fsp3) is 0.500. The highest BCUT2D eigenvalue weighted by Gasteiger charge is 2.26. The maximum absolute atomic E-state index is 13.7. The normalized spacial score (nSPS) is 15.1. The molecule has 2 rings (SSSR count). The van der Waals surface area contributed by atoms with Crippen molar-refractivity contribution in [1.29, 1.82) is 0 Å². The monoisotopic (exact) mass is 349 g/mol. The van der Waals surface area contributed by atoms with Crippen LogP contribution in [0.15, 0.2) is 24.3 Å². The summed E-state index contributed by atoms with van der Waals surface area (Å²) in [5.41, 5.74) is 0.0830. The largest absolute Gasteiger partial charge is 0.348 e. The van der Waals surface area contributed by atoms with Crippen molar-refractivity contribution in [3.8, 4) is 0 Å². The summed E-state index contributed by atoms with van der Waals surface area (Å²) < 4.78 is 13.7. The number of hydrogen-bond acceptors (Lipinski definition) is 3. The first kappa shape index (κ1) is 18.9. The van der Waals surface area contributed by atoms with E-state index < -0.39 is 17.6 Å². The third kappa shape index (κ3) is 5.27. The number of halogens is 1. The van der Waals surface area contributed by atoms with Crippen LogP contribution >= 0.6 is 0 Å². The molecule has 1 aromatic carbocycles. The van der Waals surface area contributed by atoms with E-state index in [2.05, 4.69) is 10.6 Å². The molecule has 2 N–H and O–H groups in total. The maximum Gasteiger partial charge on any atom is 0.309 e. The van der Waals surface area contributed by atoms with Gasteiger partial charge in [0.05, 0.1) is 5.56 Å². The van der Waals surface area contributed by atoms with Crippen molar-refractivity contribution >= 4 is 17.7 Å². The number of nitrogens with zero attached hydrogens (tertiary/aromatic N) is 1. The van der Waals surface area contributed by atoms with Gasteiger partial charge in [0, 0.05) is 25.7 Å². The highest BCUT2D eigenvalue weighted by Crippen LogP contribution is 2.19. The zero-order valence-corrected chi connectivity index (χ0v) is 14.5. The minimum Gasteiger partial charge on any atom is -0.348 e. The fourth-order valence-electron chi connectivity index (χ4n) is 2.79. The second-order valence-corrected chi connectivity index (χ2v) is 6.55. The molecule has 0 saturated carbocycles. The molecule has 0 atom stereocenters. The number of carbonyl (C=O) groups is 3. The average molecular weight is 349 g/mol. The molecule has 1 heterocycles. The summed E-state index contributed by atoms with van der Waals surface area (Å²) in [6.07, 6.45) is 1.40. The van der Waals surface area contributed by atoms with E-state index in [9.17, 15) is 18.8 Å². The van der Waals surface area contributed by atoms with Gasteiger partial charge in [-0.2, -0.15) is 0 Å². The number of benzene rings is 1. The quantitative estimate of drug-likeness (QED) is 0.805. The van der Waals surface area contributed by atoms with E-state index in [0.29, 0.717) is 32.5 Å². The van der Waals surface area contributed by atoms with Crippen molar-refractivity contribution < 1.29 is 18.8 Å². The van der Waals surface area contributed by atoms with Gasteiger partial charge in [-0.25, -0.2) is 4.39 Å². The Morgan fingerprint density at radius 3 is 2.40 bits per heavy atom. The molecule has 0 unspecified atom stereocenters. The Bertz CT molecular complexity index is 640. The van der Waals surface area contributed by atoms with Crippen molar-refractivity contribution in [2.24, 2.45) is 5.92 Å². The Labute approximate surface area is 146 Å². The van der Waals surface area contributed by atoms with E-state index in [1.807, 2.05) is 0 Å². The highest BCUT2D eigenvalue weighted by atomic mass is 19.1. The molecule has 25 heavy (non-hydrogen) atoms. The Kier molecular flexibility index (Phi) is 6.50. The van der Waals surface area contributed by atoms with Crippen molar-refractivity contribution in [3.63, 3.8) is 0 Å². The van der Waals surface area contributed by atoms with Crippen LogP contribution in [0.4, 0.5) is 4.39 Å². The van der Waals surface area contributed by atoms with Gasteiger partial charge in [-0.05, 0) is 44.7 Å². The molecule has 1 aliphatic rings. The third-order valence-corrected chi connectivity index (χ3v) is 4.18. The second-order valence-electron chi connectivity index (χ2n) is 6.55. The summed E-state index contributed by atoms with van der Waals surface area (Å²) >= 11 is 0. The molecular formula is C18H24FN3O3. The van der Waals surface area contributed by atoms with E-state index in [-0.39, 0.29) is 23.4 Å². The SMILES string of the molecule is CC(C)NC(=O)C(=O)NCC1CCN(C(=O)c2ccccc2F)CC1. The molecule has 0 aromatic heterocycles. The first-order valence-electron chi connectivity index (χ1n) is 8.51. The van der Waals surface area contributed by atoms with Gasteiger partial charge >= 0.3 is 11.8 Å². The molecule has 1 fully saturated rings. The summed E-state index contributed by atoms with van der Waals surface area (Å²) in [4.78, 5) is 37.2. The molecule has 1 saturated heterocycles. The van der Waals surface area contributed by atoms with Gasteiger partial charge in [-0.1, -0.05) is 12.1 Å². The van der Waals surface area contributed by atoms with E-state index in [0.717, 1.165) is 0 Å². The Hall–Kier alpha value is -2.44. The van der Waals surface area contributed by atoms with Crippen LogP contribution < -0.4 is 10.6 Å². The van der Waals surface area contributed by atoms with Crippen molar-refractivity contribution in [2.75, 3.05) is 19.6 Å². The second kappa shape index (κ2) is 8.60. The lowest BCUT2D eigenvalue weighted by molar-refractivity contribution is -0.139. The van der Waals surface area contributed by atoms with E-state index in [4.69, 9.17) is 0 Å². The van der Waals surface area contributed by atoms with Crippen LogP contribution in [0, 0.1) is 11.7 Å². The molecular weight excluding hydrogens is 325 g/mol. The van der Waals surface area contributed by atoms with Crippen LogP contribution in [0.2, 0.25) is 0 Å². The van der Waals surface area contributed by atoms with Gasteiger partial charge in [-0.3, -0.25) is 14.4 Å². The Morgan fingerprint density at radius 1 is 1.16 bits per heavy atom. The molecule has 6 nitrogen and oxygen atoms in total. The van der Waals surface area contributed by atoms with Crippen LogP contribution in [0.3, 0.4) is 0 Å². The first-order valence-corrected chi connectivity index (χ1v) is 8.51. The van der Waals surface area contributed by atoms with Gasteiger partial charge in [0.15, 0.2) is 0 Å². The minimum absolute atomic E-state index is 0.0830. The fourth-order valence-corrected chi connectivity index (χ4v) is 2.79. The topological polar surface area (TPSA) is 78.5 Å². The number of amides is 3. The minimum atomic E-state index is -0.640. The molecule has 3 amide bonds. The Morgan fingerprint density at radius 2 is 1.80 bits per heavy atom. The summed E-state index contributed by atoms with van der Waals surface area (Å²) in [7, 11) is 0. The number of carbonyl (C=O) groups excluding carboxylic acids is 3. The molecule has 1 aliphatic heterocycles. The zero-order valence-electron chi connectivity index (χ0n) is 14.5. The lowest BCUT2D eigenvalue weighted by Crippen LogP contribution is -2.46. The van der Waals surface area contributed by atoms with E-state index in [1.54, 1.807) is 30.9 Å². The van der Waals surface area contributed by atoms with Gasteiger partial charge in [0.25, 0.3) is 5.91 Å². The van der Waals surface area contributed by atoms with Gasteiger partial charge in [-0.15, -0.1) is 0 Å². The summed E-state index contributed by atoms with van der Waals surface area (Å²) in [6, 6.07) is 5.86. The number of nitrogens with one attached hydrogen (secondary N) is 2. The van der Waals surface area contributed by atoms with Crippen LogP contribution in [0.25, 0.3) is 0 Å². The molecule has 7 heteroatoms. The average Bonchev–Trinajstić information content (AvgIpc) is 2.59. The van der Waals surface area contributed by atoms with Crippen LogP contribution in [0.1, 0.15) is 37.0 Å². The van der Waals surface area contributed by atoms with Crippen LogP contribution in [0.5, 0.6) is 0 Å². The molecule has 0 bridgehead atoms. The summed E-state index contributed by atoms with van der Waals surface area (Å²) in [6.45, 7) is 4.98. The predicted molar refractivity (Wildman–Crippen MR) is 91.3 cm³/mol. The first-order chi connectivity index (χ1) is 11.9. The lowest BCUT2D eigenvalue weighted by atomic mass is 9.96. The van der Waals surface area contributed by atoms with Gasteiger partial charge < -0.3 is 15.5 Å². The third-order valence-electron chi connectivity index (χ3n) is 4.18. The standard InChI is InChI=1S/C18H24FN3O3/c1-12(2)21-17(24)16(23)20-11-13-7-9-22(10-8-13)18(25)14-5-3-4-6-15(14)19/h3-6,12-13H,7-11H2,1-2H3,(H,20,23)(H,21,24). The van der Waals surface area contributed by atoms with E-state index in [1.165, 1.54) is 12.1 Å². The predicted octanol–water partition coefficient (Wildman–Crippen LogP) is 1.32. The number of likely N-dealkylation sites (tertiary alicyclic amines) is 1. The molecule has 136 valence electrons. The highest BCUT2D eigenvalue weighted by molar-refractivity contribution is 6.35. The lowest BCUT2D eigenvalue weighted by Gasteiger charge is -2.32. The molecule has 1 aromatic rings. The maximum atomic E-state index is 13.7. The van der Waals surface area contributed by atoms with Gasteiger partial charge in [0.1, 0.15) is 5.82 Å². The van der Waals surface area contributed by atoms with Gasteiger partial charge in [0.2, 0.25) is 0 Å². The smallest absolute Gasteiger partial charge is 0.309 e. The van der Waals surface area contributed by atoms with Crippen molar-refractivity contribution in [3.05, 3.63) is 35.6 Å². The summed E-state index contributed by atoms with van der Waals surface area (Å²) in [5, 5.41) is 5.16. The summed E-state index contributed by atoms with van der Waals surface area (Å²) in [5.74, 6) is -1.91. The molecule has 0 spiro atoms.